The summed E-state index contributed by atoms with van der Waals surface area (Å²) in [5.41, 5.74) is 4.74. The van der Waals surface area contributed by atoms with Crippen molar-refractivity contribution in [3.05, 3.63) is 64.8 Å². The maximum absolute atomic E-state index is 12.5. The molecule has 0 spiro atoms. The van der Waals surface area contributed by atoms with Gasteiger partial charge in [-0.05, 0) is 50.6 Å². The Labute approximate surface area is 134 Å². The molecule has 1 amide bonds. The quantitative estimate of drug-likeness (QED) is 0.711. The molecule has 0 fully saturated rings. The molecule has 1 aromatic heterocycles. The van der Waals surface area contributed by atoms with E-state index in [0.29, 0.717) is 16.9 Å². The lowest BCUT2D eigenvalue weighted by molar-refractivity contribution is 0.100. The SMILES string of the molecule is CC(=O)c1cccc(NC(=O)c2[nH]c3ccc(C)cc3c2C)c1. The molecule has 0 aliphatic carbocycles. The third-order valence-corrected chi connectivity index (χ3v) is 3.97. The number of fused-ring (bicyclic) bond motifs is 1. The second-order valence-electron chi connectivity index (χ2n) is 5.77. The lowest BCUT2D eigenvalue weighted by Crippen LogP contribution is -2.13. The van der Waals surface area contributed by atoms with Crippen LogP contribution in [-0.4, -0.2) is 16.7 Å². The average Bonchev–Trinajstić information content (AvgIpc) is 2.84. The lowest BCUT2D eigenvalue weighted by atomic mass is 10.1. The zero-order chi connectivity index (χ0) is 16.6. The standard InChI is InChI=1S/C19H18N2O2/c1-11-7-8-17-16(9-11)12(2)18(21-17)19(23)20-15-6-4-5-14(10-15)13(3)22/h4-10,21H,1-3H3,(H,20,23). The monoisotopic (exact) mass is 306 g/mol. The van der Waals surface area contributed by atoms with E-state index in [-0.39, 0.29) is 11.7 Å². The topological polar surface area (TPSA) is 62.0 Å². The Morgan fingerprint density at radius 3 is 2.57 bits per heavy atom. The molecule has 3 rings (SSSR count). The molecule has 0 saturated carbocycles. The summed E-state index contributed by atoms with van der Waals surface area (Å²) >= 11 is 0. The third-order valence-electron chi connectivity index (χ3n) is 3.97. The number of aryl methyl sites for hydroxylation is 2. The smallest absolute Gasteiger partial charge is 0.272 e. The van der Waals surface area contributed by atoms with Crippen molar-refractivity contribution in [3.8, 4) is 0 Å². The maximum atomic E-state index is 12.5. The number of Topliss-reactive ketones (excluding diaryl/α,β-unsaturated/α-hetero) is 1. The normalized spacial score (nSPS) is 10.7. The minimum absolute atomic E-state index is 0.0293. The van der Waals surface area contributed by atoms with Crippen LogP contribution in [0.15, 0.2) is 42.5 Å². The number of hydrogen-bond acceptors (Lipinski definition) is 2. The Hall–Kier alpha value is -2.88. The summed E-state index contributed by atoms with van der Waals surface area (Å²) in [5, 5.41) is 3.90. The van der Waals surface area contributed by atoms with Crippen molar-refractivity contribution in [1.82, 2.24) is 4.98 Å². The number of carbonyl (C=O) groups excluding carboxylic acids is 2. The van der Waals surface area contributed by atoms with Crippen LogP contribution in [0.1, 0.15) is 38.9 Å². The fourth-order valence-corrected chi connectivity index (χ4v) is 2.68. The Morgan fingerprint density at radius 2 is 1.83 bits per heavy atom. The number of rotatable bonds is 3. The lowest BCUT2D eigenvalue weighted by Gasteiger charge is -2.06. The molecule has 2 aromatic carbocycles. The fraction of sp³-hybridized carbons (Fsp3) is 0.158. The number of ketones is 1. The van der Waals surface area contributed by atoms with Crippen molar-refractivity contribution in [1.29, 1.82) is 0 Å². The first-order chi connectivity index (χ1) is 11.0. The molecule has 2 N–H and O–H groups in total. The highest BCUT2D eigenvalue weighted by atomic mass is 16.2. The van der Waals surface area contributed by atoms with Crippen molar-refractivity contribution in [2.24, 2.45) is 0 Å². The summed E-state index contributed by atoms with van der Waals surface area (Å²) in [7, 11) is 0. The van der Waals surface area contributed by atoms with Crippen molar-refractivity contribution in [2.45, 2.75) is 20.8 Å². The first kappa shape index (κ1) is 15.0. The zero-order valence-electron chi connectivity index (χ0n) is 13.4. The minimum atomic E-state index is -0.211. The van der Waals surface area contributed by atoms with Gasteiger partial charge in [-0.3, -0.25) is 9.59 Å². The van der Waals surface area contributed by atoms with E-state index in [9.17, 15) is 9.59 Å². The van der Waals surface area contributed by atoms with Gasteiger partial charge in [0.1, 0.15) is 5.69 Å². The Bertz CT molecular complexity index is 922. The maximum Gasteiger partial charge on any atom is 0.272 e. The summed E-state index contributed by atoms with van der Waals surface area (Å²) in [6.07, 6.45) is 0. The number of anilines is 1. The molecule has 116 valence electrons. The molecule has 0 aliphatic heterocycles. The molecule has 0 radical (unpaired) electrons. The van der Waals surface area contributed by atoms with Crippen molar-refractivity contribution < 1.29 is 9.59 Å². The van der Waals surface area contributed by atoms with Gasteiger partial charge in [0.25, 0.3) is 5.91 Å². The van der Waals surface area contributed by atoms with Gasteiger partial charge in [-0.25, -0.2) is 0 Å². The van der Waals surface area contributed by atoms with Gasteiger partial charge in [-0.1, -0.05) is 23.8 Å². The van der Waals surface area contributed by atoms with E-state index in [0.717, 1.165) is 22.0 Å². The van der Waals surface area contributed by atoms with E-state index in [4.69, 9.17) is 0 Å². The van der Waals surface area contributed by atoms with Gasteiger partial charge < -0.3 is 10.3 Å². The van der Waals surface area contributed by atoms with Gasteiger partial charge in [0.05, 0.1) is 0 Å². The molecule has 0 saturated heterocycles. The highest BCUT2D eigenvalue weighted by molar-refractivity contribution is 6.08. The van der Waals surface area contributed by atoms with Crippen molar-refractivity contribution in [3.63, 3.8) is 0 Å². The Morgan fingerprint density at radius 1 is 1.04 bits per heavy atom. The highest BCUT2D eigenvalue weighted by Gasteiger charge is 2.15. The molecule has 4 nitrogen and oxygen atoms in total. The molecular formula is C19H18N2O2. The van der Waals surface area contributed by atoms with Gasteiger partial charge in [0.15, 0.2) is 5.78 Å². The molecule has 23 heavy (non-hydrogen) atoms. The van der Waals surface area contributed by atoms with Crippen molar-refractivity contribution >= 4 is 28.3 Å². The van der Waals surface area contributed by atoms with Gasteiger partial charge >= 0.3 is 0 Å². The molecule has 0 aliphatic rings. The van der Waals surface area contributed by atoms with Crippen LogP contribution in [0.2, 0.25) is 0 Å². The second kappa shape index (κ2) is 5.72. The molecule has 0 unspecified atom stereocenters. The fourth-order valence-electron chi connectivity index (χ4n) is 2.68. The first-order valence-electron chi connectivity index (χ1n) is 7.47. The molecule has 3 aromatic rings. The average molecular weight is 306 g/mol. The van der Waals surface area contributed by atoms with Crippen LogP contribution in [0, 0.1) is 13.8 Å². The van der Waals surface area contributed by atoms with Crippen LogP contribution in [0.5, 0.6) is 0 Å². The minimum Gasteiger partial charge on any atom is -0.350 e. The third kappa shape index (κ3) is 2.88. The van der Waals surface area contributed by atoms with Crippen LogP contribution in [0.3, 0.4) is 0 Å². The summed E-state index contributed by atoms with van der Waals surface area (Å²) in [6.45, 7) is 5.46. The van der Waals surface area contributed by atoms with Crippen LogP contribution in [0.25, 0.3) is 10.9 Å². The van der Waals surface area contributed by atoms with Gasteiger partial charge in [0.2, 0.25) is 0 Å². The molecular weight excluding hydrogens is 288 g/mol. The number of nitrogens with one attached hydrogen (secondary N) is 2. The Kier molecular flexibility index (Phi) is 3.74. The number of carbonyl (C=O) groups is 2. The molecule has 1 heterocycles. The largest absolute Gasteiger partial charge is 0.350 e. The summed E-state index contributed by atoms with van der Waals surface area (Å²) in [4.78, 5) is 27.2. The highest BCUT2D eigenvalue weighted by Crippen LogP contribution is 2.23. The second-order valence-corrected chi connectivity index (χ2v) is 5.77. The van der Waals surface area contributed by atoms with E-state index in [1.54, 1.807) is 24.3 Å². The van der Waals surface area contributed by atoms with Crippen LogP contribution in [0.4, 0.5) is 5.69 Å². The van der Waals surface area contributed by atoms with Crippen LogP contribution < -0.4 is 5.32 Å². The first-order valence-corrected chi connectivity index (χ1v) is 7.47. The van der Waals surface area contributed by atoms with E-state index in [1.807, 2.05) is 26.0 Å². The van der Waals surface area contributed by atoms with Gasteiger partial charge in [-0.15, -0.1) is 0 Å². The van der Waals surface area contributed by atoms with Gasteiger partial charge in [-0.2, -0.15) is 0 Å². The van der Waals surface area contributed by atoms with Crippen LogP contribution in [-0.2, 0) is 0 Å². The van der Waals surface area contributed by atoms with Crippen molar-refractivity contribution in [2.75, 3.05) is 5.32 Å². The number of amides is 1. The predicted molar refractivity (Wildman–Crippen MR) is 92.2 cm³/mol. The molecule has 4 heteroatoms. The molecule has 0 bridgehead atoms. The number of aromatic amines is 1. The van der Waals surface area contributed by atoms with E-state index >= 15 is 0 Å². The number of benzene rings is 2. The summed E-state index contributed by atoms with van der Waals surface area (Å²) < 4.78 is 0. The zero-order valence-corrected chi connectivity index (χ0v) is 13.4. The summed E-state index contributed by atoms with van der Waals surface area (Å²) in [5.74, 6) is -0.240. The predicted octanol–water partition coefficient (Wildman–Crippen LogP) is 4.24. The summed E-state index contributed by atoms with van der Waals surface area (Å²) in [6, 6.07) is 13.0. The Balaban J connectivity index is 1.93. The van der Waals surface area contributed by atoms with E-state index < -0.39 is 0 Å². The number of H-pyrrole nitrogens is 1. The van der Waals surface area contributed by atoms with Crippen LogP contribution >= 0.6 is 0 Å². The van der Waals surface area contributed by atoms with Gasteiger partial charge in [0, 0.05) is 22.2 Å². The van der Waals surface area contributed by atoms with E-state index in [1.165, 1.54) is 6.92 Å². The number of aromatic nitrogens is 1. The number of hydrogen-bond donors (Lipinski definition) is 2. The molecule has 0 atom stereocenters. The van der Waals surface area contributed by atoms with E-state index in [2.05, 4.69) is 16.4 Å².